The largest absolute Gasteiger partial charge is 0.317 e. The van der Waals surface area contributed by atoms with E-state index >= 15 is 0 Å². The molecule has 11 rings (SSSR count). The van der Waals surface area contributed by atoms with Gasteiger partial charge in [-0.1, -0.05) is 105 Å². The Morgan fingerprint density at radius 3 is 2.02 bits per heavy atom. The first-order valence-corrected chi connectivity index (χ1v) is 18.2. The van der Waals surface area contributed by atoms with Crippen molar-refractivity contribution in [1.29, 1.82) is 0 Å². The fourth-order valence-electron chi connectivity index (χ4n) is 8.73. The van der Waals surface area contributed by atoms with Gasteiger partial charge in [0.2, 0.25) is 0 Å². The summed E-state index contributed by atoms with van der Waals surface area (Å²) in [6.45, 7) is 4.66. The molecule has 3 aromatic heterocycles. The van der Waals surface area contributed by atoms with Crippen molar-refractivity contribution < 1.29 is 0 Å². The Balaban J connectivity index is 1.13. The van der Waals surface area contributed by atoms with E-state index in [1.165, 1.54) is 49.4 Å². The first kappa shape index (κ1) is 29.9. The molecule has 0 amide bonds. The lowest BCUT2D eigenvalue weighted by molar-refractivity contribution is 0.660. The molecule has 0 aliphatic heterocycles. The molecule has 0 atom stereocenters. The predicted octanol–water partition coefficient (Wildman–Crippen LogP) is 12.3. The summed E-state index contributed by atoms with van der Waals surface area (Å²) < 4.78 is 4.66. The predicted molar refractivity (Wildman–Crippen MR) is 219 cm³/mol. The zero-order valence-electron chi connectivity index (χ0n) is 29.5. The Kier molecular flexibility index (Phi) is 6.27. The summed E-state index contributed by atoms with van der Waals surface area (Å²) in [5.74, 6) is 0.720. The van der Waals surface area contributed by atoms with Crippen LogP contribution in [0, 0.1) is 0 Å². The normalized spacial score (nSPS) is 13.2. The molecule has 10 aromatic rings. The Morgan fingerprint density at radius 2 is 1.17 bits per heavy atom. The minimum Gasteiger partial charge on any atom is -0.317 e. The molecule has 1 aliphatic rings. The van der Waals surface area contributed by atoms with Gasteiger partial charge in [0.15, 0.2) is 5.82 Å². The maximum Gasteiger partial charge on any atom is 0.160 e. The van der Waals surface area contributed by atoms with Gasteiger partial charge in [-0.3, -0.25) is 0 Å². The van der Waals surface area contributed by atoms with E-state index in [0.717, 1.165) is 50.4 Å². The fourth-order valence-corrected chi connectivity index (χ4v) is 8.73. The van der Waals surface area contributed by atoms with Crippen molar-refractivity contribution in [3.05, 3.63) is 181 Å². The van der Waals surface area contributed by atoms with Crippen molar-refractivity contribution in [3.8, 4) is 45.1 Å². The van der Waals surface area contributed by atoms with E-state index in [9.17, 15) is 0 Å². The molecular weight excluding hydrogens is 645 g/mol. The molecule has 250 valence electrons. The summed E-state index contributed by atoms with van der Waals surface area (Å²) in [5.41, 5.74) is 15.0. The van der Waals surface area contributed by atoms with Crippen molar-refractivity contribution >= 4 is 43.6 Å². The smallest absolute Gasteiger partial charge is 0.160 e. The van der Waals surface area contributed by atoms with Crippen molar-refractivity contribution in [2.75, 3.05) is 0 Å². The van der Waals surface area contributed by atoms with Crippen LogP contribution in [-0.4, -0.2) is 19.1 Å². The van der Waals surface area contributed by atoms with E-state index in [2.05, 4.69) is 193 Å². The Morgan fingerprint density at radius 1 is 0.472 bits per heavy atom. The van der Waals surface area contributed by atoms with Crippen molar-refractivity contribution in [1.82, 2.24) is 19.1 Å². The summed E-state index contributed by atoms with van der Waals surface area (Å²) in [6, 6.07) is 58.9. The number of aromatic nitrogens is 4. The van der Waals surface area contributed by atoms with Gasteiger partial charge in [-0.25, -0.2) is 9.97 Å². The molecule has 0 radical (unpaired) electrons. The van der Waals surface area contributed by atoms with Gasteiger partial charge in [-0.2, -0.15) is 0 Å². The number of hydrogen-bond donors (Lipinski definition) is 0. The molecule has 53 heavy (non-hydrogen) atoms. The average molecular weight is 679 g/mol. The minimum absolute atomic E-state index is 0.0998. The SMILES string of the molecule is CC1(C)c2ccccc2-c2ccc(-c3nc(-c4ccc5c(c4)c4cc6c(ccn6-c6ccccc6)cc4n5-c4ccccc4)nc4ccccc34)cc21. The maximum absolute atomic E-state index is 5.39. The molecule has 4 nitrogen and oxygen atoms in total. The summed E-state index contributed by atoms with van der Waals surface area (Å²) in [4.78, 5) is 10.6. The second kappa shape index (κ2) is 11.1. The maximum atomic E-state index is 5.39. The zero-order valence-corrected chi connectivity index (χ0v) is 29.5. The van der Waals surface area contributed by atoms with Crippen molar-refractivity contribution in [2.45, 2.75) is 19.3 Å². The quantitative estimate of drug-likeness (QED) is 0.186. The van der Waals surface area contributed by atoms with E-state index in [-0.39, 0.29) is 5.41 Å². The number of fused-ring (bicyclic) bond motifs is 8. The summed E-state index contributed by atoms with van der Waals surface area (Å²) >= 11 is 0. The third kappa shape index (κ3) is 4.42. The van der Waals surface area contributed by atoms with Crippen LogP contribution in [0.5, 0.6) is 0 Å². The first-order chi connectivity index (χ1) is 26.0. The third-order valence-corrected chi connectivity index (χ3v) is 11.3. The molecule has 0 spiro atoms. The van der Waals surface area contributed by atoms with Gasteiger partial charge in [-0.15, -0.1) is 0 Å². The van der Waals surface area contributed by atoms with Gasteiger partial charge < -0.3 is 9.13 Å². The molecule has 0 unspecified atom stereocenters. The van der Waals surface area contributed by atoms with E-state index in [1.54, 1.807) is 0 Å². The molecule has 0 saturated heterocycles. The van der Waals surface area contributed by atoms with Crippen molar-refractivity contribution in [3.63, 3.8) is 0 Å². The van der Waals surface area contributed by atoms with Crippen LogP contribution >= 0.6 is 0 Å². The molecule has 3 heterocycles. The topological polar surface area (TPSA) is 35.6 Å². The van der Waals surface area contributed by atoms with E-state index in [4.69, 9.17) is 9.97 Å². The van der Waals surface area contributed by atoms with Crippen LogP contribution in [-0.2, 0) is 5.41 Å². The van der Waals surface area contributed by atoms with Crippen LogP contribution in [0.1, 0.15) is 25.0 Å². The summed E-state index contributed by atoms with van der Waals surface area (Å²) in [6.07, 6.45) is 2.17. The van der Waals surface area contributed by atoms with Crippen LogP contribution in [0.25, 0.3) is 88.8 Å². The van der Waals surface area contributed by atoms with Crippen LogP contribution in [0.4, 0.5) is 0 Å². The van der Waals surface area contributed by atoms with Gasteiger partial charge in [0, 0.05) is 55.7 Å². The van der Waals surface area contributed by atoms with E-state index < -0.39 is 0 Å². The van der Waals surface area contributed by atoms with E-state index in [0.29, 0.717) is 0 Å². The Bertz CT molecular complexity index is 3080. The highest BCUT2D eigenvalue weighted by molar-refractivity contribution is 6.14. The molecule has 0 fully saturated rings. The van der Waals surface area contributed by atoms with Crippen LogP contribution in [0.3, 0.4) is 0 Å². The van der Waals surface area contributed by atoms with Crippen molar-refractivity contribution in [2.24, 2.45) is 0 Å². The lowest BCUT2D eigenvalue weighted by Gasteiger charge is -2.22. The monoisotopic (exact) mass is 678 g/mol. The number of hydrogen-bond acceptors (Lipinski definition) is 2. The molecule has 7 aromatic carbocycles. The molecule has 0 bridgehead atoms. The minimum atomic E-state index is -0.0998. The standard InChI is InChI=1S/C49H34N4/c1-49(2)41-19-11-9-17-36(41)37-23-21-32(28-42(37)49)47-38-18-10-12-20-43(38)50-48(51-47)33-22-24-44-39(27-33)40-30-45-31(25-26-52(45)34-13-5-3-6-14-34)29-46(40)53(44)35-15-7-4-8-16-35/h3-30H,1-2H3. The van der Waals surface area contributed by atoms with Crippen LogP contribution in [0.2, 0.25) is 0 Å². The average Bonchev–Trinajstić information content (AvgIpc) is 3.84. The lowest BCUT2D eigenvalue weighted by Crippen LogP contribution is -2.14. The molecule has 0 N–H and O–H groups in total. The number of benzene rings is 7. The second-order valence-electron chi connectivity index (χ2n) is 14.7. The third-order valence-electron chi connectivity index (χ3n) is 11.3. The molecule has 4 heteroatoms. The van der Waals surface area contributed by atoms with Crippen LogP contribution in [0.15, 0.2) is 170 Å². The fraction of sp³-hybridized carbons (Fsp3) is 0.0612. The first-order valence-electron chi connectivity index (χ1n) is 18.2. The Hall–Kier alpha value is -6.78. The second-order valence-corrected chi connectivity index (χ2v) is 14.7. The molecule has 0 saturated carbocycles. The highest BCUT2D eigenvalue weighted by Gasteiger charge is 2.35. The highest BCUT2D eigenvalue weighted by Crippen LogP contribution is 2.50. The molecule has 1 aliphatic carbocycles. The number of rotatable bonds is 4. The van der Waals surface area contributed by atoms with Gasteiger partial charge >= 0.3 is 0 Å². The lowest BCUT2D eigenvalue weighted by atomic mass is 9.82. The van der Waals surface area contributed by atoms with Gasteiger partial charge in [-0.05, 0) is 95.1 Å². The number of nitrogens with zero attached hydrogens (tertiary/aromatic N) is 4. The Labute approximate surface area is 307 Å². The highest BCUT2D eigenvalue weighted by atomic mass is 15.0. The van der Waals surface area contributed by atoms with Gasteiger partial charge in [0.25, 0.3) is 0 Å². The molecular formula is C49H34N4. The number of para-hydroxylation sites is 3. The van der Waals surface area contributed by atoms with Gasteiger partial charge in [0.1, 0.15) is 0 Å². The van der Waals surface area contributed by atoms with E-state index in [1.807, 2.05) is 0 Å². The summed E-state index contributed by atoms with van der Waals surface area (Å²) in [7, 11) is 0. The van der Waals surface area contributed by atoms with Crippen LogP contribution < -0.4 is 0 Å². The summed E-state index contributed by atoms with van der Waals surface area (Å²) in [5, 5.41) is 4.61. The van der Waals surface area contributed by atoms with Gasteiger partial charge in [0.05, 0.1) is 27.8 Å². The zero-order chi connectivity index (χ0) is 35.3.